The maximum absolute atomic E-state index is 12.3. The van der Waals surface area contributed by atoms with E-state index in [2.05, 4.69) is 5.32 Å². The molecule has 0 spiro atoms. The van der Waals surface area contributed by atoms with Gasteiger partial charge in [0.2, 0.25) is 0 Å². The van der Waals surface area contributed by atoms with Crippen LogP contribution in [-0.4, -0.2) is 22.9 Å². The van der Waals surface area contributed by atoms with Crippen molar-refractivity contribution in [3.8, 4) is 0 Å². The van der Waals surface area contributed by atoms with Gasteiger partial charge in [0.25, 0.3) is 0 Å². The van der Waals surface area contributed by atoms with Gasteiger partial charge in [0.15, 0.2) is 11.4 Å². The summed E-state index contributed by atoms with van der Waals surface area (Å²) in [6.07, 6.45) is 2.76. The third-order valence-corrected chi connectivity index (χ3v) is 3.78. The van der Waals surface area contributed by atoms with Crippen molar-refractivity contribution in [3.05, 3.63) is 34.3 Å². The maximum Gasteiger partial charge on any atom is 0.419 e. The average Bonchev–Trinajstić information content (AvgIpc) is 3.07. The molecule has 1 aliphatic rings. The summed E-state index contributed by atoms with van der Waals surface area (Å²) in [5.41, 5.74) is 1.86. The predicted molar refractivity (Wildman–Crippen MR) is 76.1 cm³/mol. The van der Waals surface area contributed by atoms with E-state index >= 15 is 0 Å². The lowest BCUT2D eigenvalue weighted by atomic mass is 10.0. The molecule has 0 aliphatic carbocycles. The lowest BCUT2D eigenvalue weighted by Crippen LogP contribution is -2.30. The fourth-order valence-corrected chi connectivity index (χ4v) is 2.76. The van der Waals surface area contributed by atoms with Gasteiger partial charge in [-0.15, -0.1) is 0 Å². The Morgan fingerprint density at radius 2 is 2.35 bits per heavy atom. The predicted octanol–water partition coefficient (Wildman–Crippen LogP) is 1.94. The number of carbonyl (C=O) groups excluding carboxylic acids is 1. The Morgan fingerprint density at radius 3 is 3.05 bits per heavy atom. The van der Waals surface area contributed by atoms with Crippen LogP contribution in [0.1, 0.15) is 36.5 Å². The van der Waals surface area contributed by atoms with E-state index in [0.29, 0.717) is 17.7 Å². The first-order valence-electron chi connectivity index (χ1n) is 7.11. The second-order valence-electron chi connectivity index (χ2n) is 5.22. The molecule has 5 nitrogen and oxygen atoms in total. The first-order valence-corrected chi connectivity index (χ1v) is 7.11. The molecule has 1 aliphatic heterocycles. The summed E-state index contributed by atoms with van der Waals surface area (Å²) < 4.78 is 6.85. The zero-order chi connectivity index (χ0) is 14.1. The molecule has 1 saturated heterocycles. The molecule has 1 atom stereocenters. The fraction of sp³-hybridized carbons (Fsp3) is 0.467. The molecule has 1 unspecified atom stereocenters. The van der Waals surface area contributed by atoms with E-state index in [1.165, 1.54) is 0 Å². The topological polar surface area (TPSA) is 64.2 Å². The second-order valence-corrected chi connectivity index (χ2v) is 5.22. The van der Waals surface area contributed by atoms with Gasteiger partial charge in [-0.05, 0) is 44.0 Å². The molecule has 1 N–H and O–H groups in total. The van der Waals surface area contributed by atoms with Crippen LogP contribution in [0.3, 0.4) is 0 Å². The number of oxazole rings is 1. The van der Waals surface area contributed by atoms with Crippen LogP contribution < -0.4 is 11.1 Å². The minimum Gasteiger partial charge on any atom is -0.408 e. The molecule has 0 saturated carbocycles. The molecule has 20 heavy (non-hydrogen) atoms. The van der Waals surface area contributed by atoms with Gasteiger partial charge < -0.3 is 9.73 Å². The molecule has 0 amide bonds. The van der Waals surface area contributed by atoms with Crippen molar-refractivity contribution in [3.63, 3.8) is 0 Å². The quantitative estimate of drug-likeness (QED) is 0.865. The van der Waals surface area contributed by atoms with Crippen molar-refractivity contribution < 1.29 is 9.21 Å². The summed E-state index contributed by atoms with van der Waals surface area (Å²) in [5.74, 6) is -0.277. The molecule has 2 aromatic rings. The third-order valence-electron chi connectivity index (χ3n) is 3.78. The van der Waals surface area contributed by atoms with Crippen LogP contribution in [0.4, 0.5) is 0 Å². The number of carbonyl (C=O) groups is 1. The number of hydrogen-bond acceptors (Lipinski definition) is 4. The van der Waals surface area contributed by atoms with E-state index in [0.717, 1.165) is 31.3 Å². The summed E-state index contributed by atoms with van der Waals surface area (Å²) in [6.45, 7) is 3.53. The molecule has 2 heterocycles. The van der Waals surface area contributed by atoms with E-state index in [1.54, 1.807) is 22.8 Å². The van der Waals surface area contributed by atoms with Crippen LogP contribution >= 0.6 is 0 Å². The van der Waals surface area contributed by atoms with Gasteiger partial charge in [-0.1, -0.05) is 6.92 Å². The van der Waals surface area contributed by atoms with Crippen molar-refractivity contribution in [1.29, 1.82) is 0 Å². The molecule has 0 radical (unpaired) electrons. The Hall–Kier alpha value is -1.88. The normalized spacial score (nSPS) is 18.8. The van der Waals surface area contributed by atoms with E-state index in [9.17, 15) is 9.59 Å². The molecule has 3 rings (SSSR count). The number of aromatic nitrogens is 1. The van der Waals surface area contributed by atoms with Crippen molar-refractivity contribution in [1.82, 2.24) is 9.88 Å². The highest BCUT2D eigenvalue weighted by Gasteiger charge is 2.24. The van der Waals surface area contributed by atoms with E-state index in [-0.39, 0.29) is 17.6 Å². The monoisotopic (exact) mass is 274 g/mol. The molecule has 5 heteroatoms. The van der Waals surface area contributed by atoms with Gasteiger partial charge in [0.1, 0.15) is 0 Å². The van der Waals surface area contributed by atoms with Crippen LogP contribution in [0.2, 0.25) is 0 Å². The summed E-state index contributed by atoms with van der Waals surface area (Å²) >= 11 is 0. The van der Waals surface area contributed by atoms with Crippen molar-refractivity contribution >= 4 is 16.9 Å². The molecule has 106 valence electrons. The fourth-order valence-electron chi connectivity index (χ4n) is 2.76. The molecule has 1 fully saturated rings. The Bertz CT molecular complexity index is 693. The van der Waals surface area contributed by atoms with Gasteiger partial charge in [-0.25, -0.2) is 4.79 Å². The number of aryl methyl sites for hydroxylation is 1. The first-order chi connectivity index (χ1) is 9.70. The Balaban J connectivity index is 1.98. The van der Waals surface area contributed by atoms with Gasteiger partial charge in [-0.3, -0.25) is 9.36 Å². The number of hydrogen-bond donors (Lipinski definition) is 1. The summed E-state index contributed by atoms with van der Waals surface area (Å²) in [4.78, 5) is 24.1. The first kappa shape index (κ1) is 13.1. The van der Waals surface area contributed by atoms with Gasteiger partial charge in [0.05, 0.1) is 11.6 Å². The van der Waals surface area contributed by atoms with Crippen LogP contribution in [-0.2, 0) is 6.54 Å². The van der Waals surface area contributed by atoms with Crippen molar-refractivity contribution in [2.45, 2.75) is 38.8 Å². The number of fused-ring (bicyclic) bond motifs is 1. The summed E-state index contributed by atoms with van der Waals surface area (Å²) in [6, 6.07) is 5.17. The molecule has 0 bridgehead atoms. The van der Waals surface area contributed by atoms with Crippen molar-refractivity contribution in [2.24, 2.45) is 0 Å². The number of nitrogens with one attached hydrogen (secondary N) is 1. The number of rotatable bonds is 4. The van der Waals surface area contributed by atoms with Crippen LogP contribution in [0, 0.1) is 0 Å². The molecular weight excluding hydrogens is 256 g/mol. The van der Waals surface area contributed by atoms with Crippen LogP contribution in [0.5, 0.6) is 0 Å². The highest BCUT2D eigenvalue weighted by atomic mass is 16.4. The summed E-state index contributed by atoms with van der Waals surface area (Å²) in [5, 5.41) is 3.19. The Kier molecular flexibility index (Phi) is 3.44. The number of benzene rings is 1. The zero-order valence-corrected chi connectivity index (χ0v) is 11.5. The van der Waals surface area contributed by atoms with Gasteiger partial charge >= 0.3 is 5.76 Å². The zero-order valence-electron chi connectivity index (χ0n) is 11.5. The van der Waals surface area contributed by atoms with Gasteiger partial charge in [0, 0.05) is 12.1 Å². The third kappa shape index (κ3) is 2.18. The minimum absolute atomic E-state index is 0.0790. The van der Waals surface area contributed by atoms with E-state index in [4.69, 9.17) is 4.42 Å². The SMILES string of the molecule is CCCn1c(=O)oc2cc(C(=O)C3CCCN3)ccc21. The molecular formula is C15H18N2O3. The van der Waals surface area contributed by atoms with Gasteiger partial charge in [-0.2, -0.15) is 0 Å². The number of nitrogens with zero attached hydrogens (tertiary/aromatic N) is 1. The van der Waals surface area contributed by atoms with Crippen LogP contribution in [0.25, 0.3) is 11.1 Å². The summed E-state index contributed by atoms with van der Waals surface area (Å²) in [7, 11) is 0. The highest BCUT2D eigenvalue weighted by Crippen LogP contribution is 2.18. The van der Waals surface area contributed by atoms with Crippen molar-refractivity contribution in [2.75, 3.05) is 6.54 Å². The number of ketones is 1. The highest BCUT2D eigenvalue weighted by molar-refractivity contribution is 6.02. The Labute approximate surface area is 116 Å². The standard InChI is InChI=1S/C15H18N2O3/c1-2-8-17-12-6-5-10(9-13(12)20-15(17)19)14(18)11-4-3-7-16-11/h5-6,9,11,16H,2-4,7-8H2,1H3. The van der Waals surface area contributed by atoms with E-state index < -0.39 is 0 Å². The lowest BCUT2D eigenvalue weighted by molar-refractivity contribution is 0.0952. The largest absolute Gasteiger partial charge is 0.419 e. The van der Waals surface area contributed by atoms with Crippen LogP contribution in [0.15, 0.2) is 27.4 Å². The smallest absolute Gasteiger partial charge is 0.408 e. The second kappa shape index (κ2) is 5.25. The average molecular weight is 274 g/mol. The lowest BCUT2D eigenvalue weighted by Gasteiger charge is -2.08. The van der Waals surface area contributed by atoms with E-state index in [1.807, 2.05) is 6.92 Å². The molecule has 1 aromatic heterocycles. The molecule has 1 aromatic carbocycles. The maximum atomic E-state index is 12.3. The Morgan fingerprint density at radius 1 is 1.50 bits per heavy atom. The number of Topliss-reactive ketones (excluding diaryl/α,β-unsaturated/α-hetero) is 1. The minimum atomic E-state index is -0.356.